The summed E-state index contributed by atoms with van der Waals surface area (Å²) < 4.78 is 10.8. The SMILES string of the molecule is C=Cc1ccc(COC(=O)c2cc(C(=O)OCc3ccc(C=C)cc3)c(C(C)=O)cc2C(C)=O)cc1. The molecule has 3 rings (SSSR count). The van der Waals surface area contributed by atoms with E-state index < -0.39 is 23.5 Å². The molecule has 0 N–H and O–H groups in total. The summed E-state index contributed by atoms with van der Waals surface area (Å²) in [5.41, 5.74) is 3.07. The number of hydrogen-bond donors (Lipinski definition) is 0. The zero-order chi connectivity index (χ0) is 26.2. The van der Waals surface area contributed by atoms with Crippen LogP contribution in [0.5, 0.6) is 0 Å². The van der Waals surface area contributed by atoms with Crippen LogP contribution in [0.2, 0.25) is 0 Å². The van der Waals surface area contributed by atoms with E-state index in [1.165, 1.54) is 26.0 Å². The number of benzene rings is 3. The predicted octanol–water partition coefficient (Wildman–Crippen LogP) is 6.09. The van der Waals surface area contributed by atoms with Crippen LogP contribution in [0, 0.1) is 0 Å². The zero-order valence-electron chi connectivity index (χ0n) is 20.2. The van der Waals surface area contributed by atoms with Crippen LogP contribution >= 0.6 is 0 Å². The molecule has 0 spiro atoms. The standard InChI is InChI=1S/C30H26O6/c1-5-21-7-11-23(12-8-21)17-35-29(33)27-16-28(26(20(4)32)15-25(27)19(3)31)30(34)36-18-24-13-9-22(6-2)10-14-24/h5-16H,1-2,17-18H2,3-4H3. The van der Waals surface area contributed by atoms with E-state index in [2.05, 4.69) is 13.2 Å². The molecule has 0 aromatic heterocycles. The van der Waals surface area contributed by atoms with E-state index in [1.807, 2.05) is 24.3 Å². The third-order valence-electron chi connectivity index (χ3n) is 5.53. The number of hydrogen-bond acceptors (Lipinski definition) is 6. The number of ketones is 2. The molecule has 36 heavy (non-hydrogen) atoms. The number of Topliss-reactive ketones (excluding diaryl/α,β-unsaturated/α-hetero) is 2. The molecular formula is C30H26O6. The van der Waals surface area contributed by atoms with Crippen molar-refractivity contribution >= 4 is 35.7 Å². The lowest BCUT2D eigenvalue weighted by molar-refractivity contribution is 0.0465. The lowest BCUT2D eigenvalue weighted by atomic mass is 9.94. The Kier molecular flexibility index (Phi) is 8.47. The highest BCUT2D eigenvalue weighted by atomic mass is 16.5. The molecule has 182 valence electrons. The van der Waals surface area contributed by atoms with E-state index in [9.17, 15) is 19.2 Å². The first kappa shape index (κ1) is 26.0. The molecule has 3 aromatic rings. The predicted molar refractivity (Wildman–Crippen MR) is 138 cm³/mol. The molecule has 0 unspecified atom stereocenters. The number of esters is 2. The second-order valence-electron chi connectivity index (χ2n) is 8.10. The van der Waals surface area contributed by atoms with Crippen molar-refractivity contribution in [3.63, 3.8) is 0 Å². The van der Waals surface area contributed by atoms with Gasteiger partial charge in [0, 0.05) is 11.1 Å². The second kappa shape index (κ2) is 11.7. The first-order chi connectivity index (χ1) is 17.2. The summed E-state index contributed by atoms with van der Waals surface area (Å²) in [5, 5.41) is 0. The Hall–Kier alpha value is -4.58. The summed E-state index contributed by atoms with van der Waals surface area (Å²) in [6.07, 6.45) is 3.39. The summed E-state index contributed by atoms with van der Waals surface area (Å²) >= 11 is 0. The fourth-order valence-electron chi connectivity index (χ4n) is 3.47. The average Bonchev–Trinajstić information content (AvgIpc) is 2.89. The molecule has 0 saturated carbocycles. The molecule has 0 radical (unpaired) electrons. The Bertz CT molecular complexity index is 1230. The number of ether oxygens (including phenoxy) is 2. The van der Waals surface area contributed by atoms with Gasteiger partial charge in [-0.2, -0.15) is 0 Å². The van der Waals surface area contributed by atoms with Crippen molar-refractivity contribution in [3.8, 4) is 0 Å². The molecule has 0 heterocycles. The maximum Gasteiger partial charge on any atom is 0.339 e. The fourth-order valence-corrected chi connectivity index (χ4v) is 3.47. The van der Waals surface area contributed by atoms with Crippen molar-refractivity contribution in [2.24, 2.45) is 0 Å². The van der Waals surface area contributed by atoms with Crippen LogP contribution in [0.3, 0.4) is 0 Å². The van der Waals surface area contributed by atoms with Gasteiger partial charge in [-0.1, -0.05) is 73.8 Å². The Morgan fingerprint density at radius 3 is 1.25 bits per heavy atom. The van der Waals surface area contributed by atoms with E-state index in [4.69, 9.17) is 9.47 Å². The molecular weight excluding hydrogens is 456 g/mol. The maximum absolute atomic E-state index is 12.9. The van der Waals surface area contributed by atoms with Gasteiger partial charge in [0.2, 0.25) is 0 Å². The zero-order valence-corrected chi connectivity index (χ0v) is 20.2. The molecule has 0 atom stereocenters. The Balaban J connectivity index is 1.87. The van der Waals surface area contributed by atoms with E-state index >= 15 is 0 Å². The third kappa shape index (κ3) is 6.30. The molecule has 0 saturated heterocycles. The number of rotatable bonds is 10. The molecule has 0 fully saturated rings. The van der Waals surface area contributed by atoms with Crippen molar-refractivity contribution in [3.05, 3.63) is 118 Å². The van der Waals surface area contributed by atoms with Gasteiger partial charge in [-0.3, -0.25) is 9.59 Å². The fraction of sp³-hybridized carbons (Fsp3) is 0.133. The summed E-state index contributed by atoms with van der Waals surface area (Å²) in [5.74, 6) is -2.47. The summed E-state index contributed by atoms with van der Waals surface area (Å²) in [7, 11) is 0. The summed E-state index contributed by atoms with van der Waals surface area (Å²) in [6.45, 7) is 9.86. The highest BCUT2D eigenvalue weighted by Crippen LogP contribution is 2.22. The van der Waals surface area contributed by atoms with Gasteiger partial charge in [-0.25, -0.2) is 9.59 Å². The second-order valence-corrected chi connectivity index (χ2v) is 8.10. The smallest absolute Gasteiger partial charge is 0.339 e. The third-order valence-corrected chi connectivity index (χ3v) is 5.53. The summed E-state index contributed by atoms with van der Waals surface area (Å²) in [4.78, 5) is 50.4. The van der Waals surface area contributed by atoms with Crippen molar-refractivity contribution in [2.75, 3.05) is 0 Å². The molecule has 6 nitrogen and oxygen atoms in total. The van der Waals surface area contributed by atoms with Gasteiger partial charge in [0.1, 0.15) is 13.2 Å². The normalized spacial score (nSPS) is 10.3. The first-order valence-electron chi connectivity index (χ1n) is 11.2. The Labute approximate surface area is 209 Å². The lowest BCUT2D eigenvalue weighted by Gasteiger charge is -2.14. The number of carbonyl (C=O) groups excluding carboxylic acids is 4. The average molecular weight is 483 g/mol. The van der Waals surface area contributed by atoms with E-state index in [0.29, 0.717) is 0 Å². The van der Waals surface area contributed by atoms with Crippen LogP contribution in [-0.4, -0.2) is 23.5 Å². The van der Waals surface area contributed by atoms with Crippen LogP contribution in [0.15, 0.2) is 73.8 Å². The minimum Gasteiger partial charge on any atom is -0.457 e. The molecule has 6 heteroatoms. The Morgan fingerprint density at radius 1 is 0.611 bits per heavy atom. The molecule has 0 aliphatic heterocycles. The monoisotopic (exact) mass is 482 g/mol. The molecule has 0 aliphatic carbocycles. The molecule has 0 amide bonds. The first-order valence-corrected chi connectivity index (χ1v) is 11.2. The largest absolute Gasteiger partial charge is 0.457 e. The minimum atomic E-state index is -0.794. The quantitative estimate of drug-likeness (QED) is 0.257. The topological polar surface area (TPSA) is 86.7 Å². The lowest BCUT2D eigenvalue weighted by Crippen LogP contribution is -2.17. The minimum absolute atomic E-state index is 0.0104. The van der Waals surface area contributed by atoms with Crippen molar-refractivity contribution in [1.29, 1.82) is 0 Å². The van der Waals surface area contributed by atoms with E-state index in [1.54, 1.807) is 36.4 Å². The molecule has 0 bridgehead atoms. The maximum atomic E-state index is 12.9. The number of carbonyl (C=O) groups is 4. The van der Waals surface area contributed by atoms with Crippen molar-refractivity contribution in [2.45, 2.75) is 27.1 Å². The van der Waals surface area contributed by atoms with Gasteiger partial charge in [0.25, 0.3) is 0 Å². The molecule has 0 aliphatic rings. The van der Waals surface area contributed by atoms with E-state index in [-0.39, 0.29) is 35.5 Å². The van der Waals surface area contributed by atoms with Gasteiger partial charge in [0.05, 0.1) is 11.1 Å². The highest BCUT2D eigenvalue weighted by molar-refractivity contribution is 6.12. The van der Waals surface area contributed by atoms with Crippen LogP contribution in [0.25, 0.3) is 12.2 Å². The van der Waals surface area contributed by atoms with Crippen molar-refractivity contribution in [1.82, 2.24) is 0 Å². The van der Waals surface area contributed by atoms with Crippen molar-refractivity contribution < 1.29 is 28.7 Å². The van der Waals surface area contributed by atoms with Gasteiger partial charge in [-0.15, -0.1) is 0 Å². The van der Waals surface area contributed by atoms with Crippen LogP contribution < -0.4 is 0 Å². The van der Waals surface area contributed by atoms with Gasteiger partial charge >= 0.3 is 11.9 Å². The van der Waals surface area contributed by atoms with E-state index in [0.717, 1.165) is 22.3 Å². The van der Waals surface area contributed by atoms with Gasteiger partial charge in [-0.05, 0) is 48.2 Å². The van der Waals surface area contributed by atoms with Gasteiger partial charge < -0.3 is 9.47 Å². The molecule has 3 aromatic carbocycles. The highest BCUT2D eigenvalue weighted by Gasteiger charge is 2.25. The Morgan fingerprint density at radius 2 is 0.944 bits per heavy atom. The van der Waals surface area contributed by atoms with Crippen LogP contribution in [-0.2, 0) is 22.7 Å². The van der Waals surface area contributed by atoms with Gasteiger partial charge in [0.15, 0.2) is 11.6 Å². The summed E-state index contributed by atoms with van der Waals surface area (Å²) in [6, 6.07) is 16.9. The van der Waals surface area contributed by atoms with Crippen LogP contribution in [0.4, 0.5) is 0 Å². The van der Waals surface area contributed by atoms with Crippen LogP contribution in [0.1, 0.15) is 77.5 Å².